The molecule has 0 unspecified atom stereocenters. The van der Waals surface area contributed by atoms with E-state index in [1.165, 1.54) is 13.8 Å². The molecule has 0 radical (unpaired) electrons. The number of thiocarbonyl (C=S) groups is 1. The number of hydrogen-bond acceptors (Lipinski definition) is 4. The van der Waals surface area contributed by atoms with Gasteiger partial charge in [0.05, 0.1) is 0 Å². The van der Waals surface area contributed by atoms with Gasteiger partial charge in [0.25, 0.3) is 0 Å². The summed E-state index contributed by atoms with van der Waals surface area (Å²) in [6.07, 6.45) is 0. The summed E-state index contributed by atoms with van der Waals surface area (Å²) in [5.74, 6) is -0.263. The van der Waals surface area contributed by atoms with E-state index in [0.717, 1.165) is 0 Å². The SMILES string of the molecule is CC(=O)OC(C)=NNC(N)=S. The number of nitrogens with zero attached hydrogens (tertiary/aromatic N) is 1. The molecule has 0 amide bonds. The first-order valence-corrected chi connectivity index (χ1v) is 3.21. The molecule has 0 aromatic rings. The van der Waals surface area contributed by atoms with Crippen LogP contribution in [0.4, 0.5) is 0 Å². The third kappa shape index (κ3) is 6.72. The highest BCUT2D eigenvalue weighted by molar-refractivity contribution is 7.80. The number of carbonyl (C=O) groups excluding carboxylic acids is 1. The molecule has 0 atom stereocenters. The van der Waals surface area contributed by atoms with Gasteiger partial charge in [-0.15, -0.1) is 5.10 Å². The minimum atomic E-state index is -0.434. The van der Waals surface area contributed by atoms with Gasteiger partial charge in [-0.3, -0.25) is 10.2 Å². The maximum absolute atomic E-state index is 10.3. The lowest BCUT2D eigenvalue weighted by atomic mass is 10.7. The summed E-state index contributed by atoms with van der Waals surface area (Å²) in [5.41, 5.74) is 7.31. The van der Waals surface area contributed by atoms with E-state index in [-0.39, 0.29) is 11.0 Å². The van der Waals surface area contributed by atoms with Crippen LogP contribution < -0.4 is 11.2 Å². The van der Waals surface area contributed by atoms with Crippen molar-refractivity contribution >= 4 is 29.2 Å². The van der Waals surface area contributed by atoms with E-state index in [1.54, 1.807) is 0 Å². The highest BCUT2D eigenvalue weighted by Crippen LogP contribution is 1.80. The van der Waals surface area contributed by atoms with Crippen LogP contribution in [0, 0.1) is 0 Å². The molecule has 62 valence electrons. The molecule has 0 aliphatic heterocycles. The summed E-state index contributed by atoms with van der Waals surface area (Å²) in [7, 11) is 0. The van der Waals surface area contributed by atoms with E-state index in [0.29, 0.717) is 0 Å². The first kappa shape index (κ1) is 9.83. The van der Waals surface area contributed by atoms with Gasteiger partial charge in [0.15, 0.2) is 5.11 Å². The summed E-state index contributed by atoms with van der Waals surface area (Å²) in [6.45, 7) is 2.78. The fourth-order valence-electron chi connectivity index (χ4n) is 0.365. The summed E-state index contributed by atoms with van der Waals surface area (Å²) in [4.78, 5) is 10.3. The van der Waals surface area contributed by atoms with Gasteiger partial charge in [-0.1, -0.05) is 0 Å². The second-order valence-electron chi connectivity index (χ2n) is 1.70. The third-order valence-corrected chi connectivity index (χ3v) is 0.706. The van der Waals surface area contributed by atoms with Crippen LogP contribution in [0.5, 0.6) is 0 Å². The lowest BCUT2D eigenvalue weighted by Gasteiger charge is -1.99. The van der Waals surface area contributed by atoms with Crippen molar-refractivity contribution in [2.24, 2.45) is 10.8 Å². The van der Waals surface area contributed by atoms with E-state index in [4.69, 9.17) is 5.73 Å². The number of ether oxygens (including phenoxy) is 1. The molecule has 3 N–H and O–H groups in total. The number of hydrogen-bond donors (Lipinski definition) is 2. The van der Waals surface area contributed by atoms with Crippen molar-refractivity contribution in [2.45, 2.75) is 13.8 Å². The normalized spacial score (nSPS) is 10.5. The molecule has 0 saturated carbocycles. The Morgan fingerprint density at radius 1 is 1.64 bits per heavy atom. The molecule has 5 nitrogen and oxygen atoms in total. The minimum Gasteiger partial charge on any atom is -0.410 e. The largest absolute Gasteiger partial charge is 0.410 e. The topological polar surface area (TPSA) is 76.7 Å². The first-order valence-electron chi connectivity index (χ1n) is 2.80. The quantitative estimate of drug-likeness (QED) is 0.188. The van der Waals surface area contributed by atoms with E-state index >= 15 is 0 Å². The molecule has 0 saturated heterocycles. The Balaban J connectivity index is 3.81. The fraction of sp³-hybridized carbons (Fsp3) is 0.400. The smallest absolute Gasteiger partial charge is 0.309 e. The van der Waals surface area contributed by atoms with Crippen molar-refractivity contribution in [3.8, 4) is 0 Å². The van der Waals surface area contributed by atoms with Crippen LogP contribution >= 0.6 is 12.2 Å². The lowest BCUT2D eigenvalue weighted by molar-refractivity contribution is -0.133. The van der Waals surface area contributed by atoms with Crippen LogP contribution in [-0.2, 0) is 9.53 Å². The van der Waals surface area contributed by atoms with Gasteiger partial charge in [0, 0.05) is 13.8 Å². The van der Waals surface area contributed by atoms with Gasteiger partial charge in [-0.05, 0) is 12.2 Å². The number of hydrazone groups is 1. The van der Waals surface area contributed by atoms with Crippen molar-refractivity contribution in [1.29, 1.82) is 0 Å². The van der Waals surface area contributed by atoms with Crippen LogP contribution in [0.15, 0.2) is 5.10 Å². The molecule has 0 aliphatic carbocycles. The van der Waals surface area contributed by atoms with Gasteiger partial charge in [0.1, 0.15) is 0 Å². The van der Waals surface area contributed by atoms with Crippen molar-refractivity contribution < 1.29 is 9.53 Å². The number of nitrogens with one attached hydrogen (secondary N) is 1. The van der Waals surface area contributed by atoms with E-state index in [1.807, 2.05) is 0 Å². The Hall–Kier alpha value is -1.17. The molecule has 11 heavy (non-hydrogen) atoms. The number of carbonyl (C=O) groups is 1. The molecule has 0 rings (SSSR count). The van der Waals surface area contributed by atoms with Crippen molar-refractivity contribution in [2.75, 3.05) is 0 Å². The summed E-state index contributed by atoms with van der Waals surface area (Å²) >= 11 is 4.45. The van der Waals surface area contributed by atoms with Crippen LogP contribution in [0.3, 0.4) is 0 Å². The van der Waals surface area contributed by atoms with Gasteiger partial charge >= 0.3 is 5.97 Å². The fourth-order valence-corrected chi connectivity index (χ4v) is 0.410. The van der Waals surface area contributed by atoms with Crippen molar-refractivity contribution in [3.05, 3.63) is 0 Å². The summed E-state index contributed by atoms with van der Waals surface area (Å²) in [5, 5.41) is 3.55. The summed E-state index contributed by atoms with van der Waals surface area (Å²) < 4.78 is 4.53. The number of esters is 1. The molecule has 0 aromatic carbocycles. The van der Waals surface area contributed by atoms with Crippen LogP contribution in [0.2, 0.25) is 0 Å². The average Bonchev–Trinajstić information content (AvgIpc) is 1.82. The van der Waals surface area contributed by atoms with Gasteiger partial charge in [-0.2, -0.15) is 0 Å². The highest BCUT2D eigenvalue weighted by atomic mass is 32.1. The Labute approximate surface area is 69.6 Å². The maximum atomic E-state index is 10.3. The third-order valence-electron chi connectivity index (χ3n) is 0.615. The Kier molecular flexibility index (Phi) is 4.12. The highest BCUT2D eigenvalue weighted by Gasteiger charge is 1.95. The zero-order valence-corrected chi connectivity index (χ0v) is 7.07. The van der Waals surface area contributed by atoms with Crippen LogP contribution in [-0.4, -0.2) is 17.0 Å². The number of rotatable bonds is 1. The van der Waals surface area contributed by atoms with Gasteiger partial charge < -0.3 is 10.5 Å². The predicted molar refractivity (Wildman–Crippen MR) is 44.8 cm³/mol. The Morgan fingerprint density at radius 2 is 2.18 bits per heavy atom. The first-order chi connectivity index (χ1) is 5.02. The molecular formula is C5H9N3O2S. The zero-order valence-electron chi connectivity index (χ0n) is 6.25. The van der Waals surface area contributed by atoms with Crippen LogP contribution in [0.25, 0.3) is 0 Å². The van der Waals surface area contributed by atoms with E-state index in [2.05, 4.69) is 27.5 Å². The number of nitrogens with two attached hydrogens (primary N) is 1. The zero-order chi connectivity index (χ0) is 8.85. The molecular weight excluding hydrogens is 166 g/mol. The van der Waals surface area contributed by atoms with Crippen molar-refractivity contribution in [1.82, 2.24) is 5.43 Å². The van der Waals surface area contributed by atoms with Gasteiger partial charge in [0.2, 0.25) is 5.90 Å². The van der Waals surface area contributed by atoms with Gasteiger partial charge in [-0.25, -0.2) is 0 Å². The van der Waals surface area contributed by atoms with Crippen LogP contribution in [0.1, 0.15) is 13.8 Å². The Bertz CT molecular complexity index is 202. The molecule has 0 aliphatic rings. The van der Waals surface area contributed by atoms with Crippen molar-refractivity contribution in [3.63, 3.8) is 0 Å². The molecule has 6 heteroatoms. The van der Waals surface area contributed by atoms with E-state index < -0.39 is 5.97 Å². The molecule has 0 bridgehead atoms. The second kappa shape index (κ2) is 4.62. The minimum absolute atomic E-state index is 0.0245. The Morgan fingerprint density at radius 3 is 2.55 bits per heavy atom. The second-order valence-corrected chi connectivity index (χ2v) is 2.14. The molecule has 0 aromatic heterocycles. The average molecular weight is 175 g/mol. The molecule has 0 spiro atoms. The maximum Gasteiger partial charge on any atom is 0.309 e. The predicted octanol–water partition coefficient (Wildman–Crippen LogP) is -0.284. The van der Waals surface area contributed by atoms with E-state index in [9.17, 15) is 4.79 Å². The lowest BCUT2D eigenvalue weighted by Crippen LogP contribution is -2.25. The standard InChI is InChI=1S/C5H9N3O2S/c1-3(10-4(2)9)7-8-5(6)11/h1-2H3,(H3,6,8,11). The summed E-state index contributed by atoms with van der Waals surface area (Å²) in [6, 6.07) is 0. The monoisotopic (exact) mass is 175 g/mol. The molecule has 0 fully saturated rings. The molecule has 0 heterocycles.